The summed E-state index contributed by atoms with van der Waals surface area (Å²) in [7, 11) is 6.99. The molecule has 18 heavy (non-hydrogen) atoms. The smallest absolute Gasteiger partial charge is 0.151 e. The number of likely N-dealkylation sites (N-methyl/N-ethyl adjacent to an activating group) is 1. The topological polar surface area (TPSA) is 38.8 Å². The van der Waals surface area contributed by atoms with Gasteiger partial charge < -0.3 is 9.47 Å². The Morgan fingerprint density at radius 2 is 1.83 bits per heavy atom. The number of hydrogen-bond donors (Lipinski definition) is 0. The number of nitrogens with zero attached hydrogens (tertiary/aromatic N) is 1. The summed E-state index contributed by atoms with van der Waals surface area (Å²) in [5, 5.41) is 0. The highest BCUT2D eigenvalue weighted by atomic mass is 16.5. The number of carbonyl (C=O) groups is 1. The summed E-state index contributed by atoms with van der Waals surface area (Å²) >= 11 is 0. The number of ketones is 1. The average molecular weight is 251 g/mol. The Hall–Kier alpha value is -1.55. The fourth-order valence-electron chi connectivity index (χ4n) is 2.26. The van der Waals surface area contributed by atoms with Crippen LogP contribution >= 0.6 is 0 Å². The second-order valence-corrected chi connectivity index (χ2v) is 4.49. The molecule has 0 aliphatic heterocycles. The van der Waals surface area contributed by atoms with Gasteiger partial charge in [0.1, 0.15) is 11.5 Å². The van der Waals surface area contributed by atoms with Crippen molar-refractivity contribution in [2.24, 2.45) is 0 Å². The Labute approximate surface area is 108 Å². The molecule has 1 atom stereocenters. The van der Waals surface area contributed by atoms with Crippen molar-refractivity contribution in [1.82, 2.24) is 4.90 Å². The fourth-order valence-corrected chi connectivity index (χ4v) is 2.26. The van der Waals surface area contributed by atoms with Crippen LogP contribution in [0.25, 0.3) is 0 Å². The first-order valence-electron chi connectivity index (χ1n) is 5.82. The Kier molecular flexibility index (Phi) is 4.73. The Morgan fingerprint density at radius 1 is 1.22 bits per heavy atom. The third-order valence-corrected chi connectivity index (χ3v) is 3.01. The van der Waals surface area contributed by atoms with Crippen LogP contribution in [0.4, 0.5) is 0 Å². The maximum Gasteiger partial charge on any atom is 0.151 e. The van der Waals surface area contributed by atoms with E-state index in [1.807, 2.05) is 38.1 Å². The second-order valence-electron chi connectivity index (χ2n) is 4.49. The molecular formula is C14H21NO3. The van der Waals surface area contributed by atoms with Crippen LogP contribution < -0.4 is 9.47 Å². The molecule has 0 bridgehead atoms. The van der Waals surface area contributed by atoms with Crippen LogP contribution in [0.5, 0.6) is 11.5 Å². The van der Waals surface area contributed by atoms with E-state index in [1.54, 1.807) is 21.1 Å². The zero-order chi connectivity index (χ0) is 13.9. The summed E-state index contributed by atoms with van der Waals surface area (Å²) in [5.74, 6) is 1.56. The molecule has 0 N–H and O–H groups in total. The van der Waals surface area contributed by atoms with Gasteiger partial charge in [0.25, 0.3) is 0 Å². The van der Waals surface area contributed by atoms with Crippen LogP contribution in [0.2, 0.25) is 0 Å². The van der Waals surface area contributed by atoms with Crippen LogP contribution in [0.3, 0.4) is 0 Å². The maximum atomic E-state index is 11.8. The van der Waals surface area contributed by atoms with Crippen molar-refractivity contribution in [3.8, 4) is 11.5 Å². The van der Waals surface area contributed by atoms with E-state index in [2.05, 4.69) is 0 Å². The standard InChI is InChI=1S/C14H21NO3/c1-9-12(17-5)8-7-11(14(9)18-6)13(10(2)16)15(3)4/h7-8,13H,1-6H3. The third-order valence-electron chi connectivity index (χ3n) is 3.01. The largest absolute Gasteiger partial charge is 0.496 e. The molecule has 1 unspecified atom stereocenters. The van der Waals surface area contributed by atoms with Gasteiger partial charge >= 0.3 is 0 Å². The lowest BCUT2D eigenvalue weighted by molar-refractivity contribution is -0.121. The SMILES string of the molecule is COc1ccc(C(C(C)=O)N(C)C)c(OC)c1C. The van der Waals surface area contributed by atoms with E-state index in [9.17, 15) is 4.79 Å². The summed E-state index contributed by atoms with van der Waals surface area (Å²) in [6.45, 7) is 3.51. The monoisotopic (exact) mass is 251 g/mol. The Bertz CT molecular complexity index is 441. The number of Topliss-reactive ketones (excluding diaryl/α,β-unsaturated/α-hetero) is 1. The van der Waals surface area contributed by atoms with Gasteiger partial charge in [-0.2, -0.15) is 0 Å². The van der Waals surface area contributed by atoms with Gasteiger partial charge in [-0.25, -0.2) is 0 Å². The van der Waals surface area contributed by atoms with Gasteiger partial charge in [-0.15, -0.1) is 0 Å². The van der Waals surface area contributed by atoms with Crippen LogP contribution in [0.1, 0.15) is 24.1 Å². The Morgan fingerprint density at radius 3 is 2.22 bits per heavy atom. The van der Waals surface area contributed by atoms with E-state index in [-0.39, 0.29) is 11.8 Å². The predicted molar refractivity (Wildman–Crippen MR) is 71.4 cm³/mol. The van der Waals surface area contributed by atoms with E-state index in [1.165, 1.54) is 0 Å². The van der Waals surface area contributed by atoms with Crippen molar-refractivity contribution in [2.45, 2.75) is 19.9 Å². The third kappa shape index (κ3) is 2.64. The summed E-state index contributed by atoms with van der Waals surface area (Å²) in [4.78, 5) is 13.7. The molecule has 0 saturated heterocycles. The van der Waals surface area contributed by atoms with E-state index >= 15 is 0 Å². The van der Waals surface area contributed by atoms with Gasteiger partial charge in [0, 0.05) is 11.1 Å². The van der Waals surface area contributed by atoms with Gasteiger partial charge in [-0.3, -0.25) is 9.69 Å². The molecule has 0 radical (unpaired) electrons. The minimum atomic E-state index is -0.301. The van der Waals surface area contributed by atoms with Crippen LogP contribution in [-0.2, 0) is 4.79 Å². The van der Waals surface area contributed by atoms with E-state index in [4.69, 9.17) is 9.47 Å². The molecule has 1 aromatic carbocycles. The maximum absolute atomic E-state index is 11.8. The minimum absolute atomic E-state index is 0.0860. The molecule has 0 aliphatic rings. The minimum Gasteiger partial charge on any atom is -0.496 e. The molecule has 4 nitrogen and oxygen atoms in total. The number of methoxy groups -OCH3 is 2. The van der Waals surface area contributed by atoms with Gasteiger partial charge in [0.2, 0.25) is 0 Å². The fraction of sp³-hybridized carbons (Fsp3) is 0.500. The second kappa shape index (κ2) is 5.87. The molecule has 1 aromatic rings. The first kappa shape index (κ1) is 14.5. The Balaban J connectivity index is 3.40. The zero-order valence-electron chi connectivity index (χ0n) is 11.9. The average Bonchev–Trinajstić information content (AvgIpc) is 2.28. The van der Waals surface area contributed by atoms with Gasteiger partial charge in [-0.1, -0.05) is 0 Å². The quantitative estimate of drug-likeness (QED) is 0.804. The number of ether oxygens (including phenoxy) is 2. The number of rotatable bonds is 5. The van der Waals surface area contributed by atoms with E-state index < -0.39 is 0 Å². The van der Waals surface area contributed by atoms with E-state index in [0.29, 0.717) is 5.75 Å². The van der Waals surface area contributed by atoms with E-state index in [0.717, 1.165) is 16.9 Å². The molecule has 0 spiro atoms. The van der Waals surface area contributed by atoms with Gasteiger partial charge in [-0.05, 0) is 40.1 Å². The van der Waals surface area contributed by atoms with Crippen molar-refractivity contribution in [3.63, 3.8) is 0 Å². The normalized spacial score (nSPS) is 12.4. The number of carbonyl (C=O) groups excluding carboxylic acids is 1. The lowest BCUT2D eigenvalue weighted by atomic mass is 9.98. The summed E-state index contributed by atoms with van der Waals surface area (Å²) < 4.78 is 10.7. The van der Waals surface area contributed by atoms with Crippen molar-refractivity contribution in [2.75, 3.05) is 28.3 Å². The summed E-state index contributed by atoms with van der Waals surface area (Å²) in [5.41, 5.74) is 1.78. The van der Waals surface area contributed by atoms with Crippen LogP contribution in [0.15, 0.2) is 12.1 Å². The molecular weight excluding hydrogens is 230 g/mol. The van der Waals surface area contributed by atoms with Gasteiger partial charge in [0.05, 0.1) is 20.3 Å². The molecule has 100 valence electrons. The van der Waals surface area contributed by atoms with Gasteiger partial charge in [0.15, 0.2) is 5.78 Å². The van der Waals surface area contributed by atoms with Crippen molar-refractivity contribution >= 4 is 5.78 Å². The predicted octanol–water partition coefficient (Wildman–Crippen LogP) is 2.20. The molecule has 4 heteroatoms. The number of hydrogen-bond acceptors (Lipinski definition) is 4. The highest BCUT2D eigenvalue weighted by Gasteiger charge is 2.24. The first-order chi connectivity index (χ1) is 8.43. The lowest BCUT2D eigenvalue weighted by Gasteiger charge is -2.25. The van der Waals surface area contributed by atoms with Crippen molar-refractivity contribution in [3.05, 3.63) is 23.3 Å². The highest BCUT2D eigenvalue weighted by molar-refractivity contribution is 5.84. The summed E-state index contributed by atoms with van der Waals surface area (Å²) in [6.07, 6.45) is 0. The van der Waals surface area contributed by atoms with Crippen LogP contribution in [-0.4, -0.2) is 39.0 Å². The van der Waals surface area contributed by atoms with Crippen molar-refractivity contribution < 1.29 is 14.3 Å². The molecule has 0 aromatic heterocycles. The molecule has 0 saturated carbocycles. The van der Waals surface area contributed by atoms with Crippen molar-refractivity contribution in [1.29, 1.82) is 0 Å². The summed E-state index contributed by atoms with van der Waals surface area (Å²) in [6, 6.07) is 3.45. The molecule has 0 heterocycles. The first-order valence-corrected chi connectivity index (χ1v) is 5.82. The molecule has 0 aliphatic carbocycles. The van der Waals surface area contributed by atoms with Crippen LogP contribution in [0, 0.1) is 6.92 Å². The molecule has 0 fully saturated rings. The lowest BCUT2D eigenvalue weighted by Crippen LogP contribution is -2.26. The molecule has 1 rings (SSSR count). The number of benzene rings is 1. The zero-order valence-corrected chi connectivity index (χ0v) is 11.9. The highest BCUT2D eigenvalue weighted by Crippen LogP contribution is 2.36. The molecule has 0 amide bonds.